The molecule has 1 heterocycles. The highest BCUT2D eigenvalue weighted by atomic mass is 19.1. The quantitative estimate of drug-likeness (QED) is 0.909. The van der Waals surface area contributed by atoms with Gasteiger partial charge >= 0.3 is 0 Å². The van der Waals surface area contributed by atoms with E-state index in [9.17, 15) is 4.39 Å². The second-order valence-corrected chi connectivity index (χ2v) is 7.44. The number of benzene rings is 1. The lowest BCUT2D eigenvalue weighted by Crippen LogP contribution is -2.47. The van der Waals surface area contributed by atoms with Crippen LogP contribution in [0.4, 0.5) is 10.1 Å². The second kappa shape index (κ2) is 6.19. The van der Waals surface area contributed by atoms with Crippen LogP contribution in [0.25, 0.3) is 0 Å². The molecule has 120 valence electrons. The fourth-order valence-corrected chi connectivity index (χ4v) is 5.03. The predicted octanol–water partition coefficient (Wildman–Crippen LogP) is 3.96. The van der Waals surface area contributed by atoms with Crippen LogP contribution in [-0.4, -0.2) is 25.2 Å². The van der Waals surface area contributed by atoms with Crippen molar-refractivity contribution in [3.05, 3.63) is 30.1 Å². The molecule has 1 N–H and O–H groups in total. The summed E-state index contributed by atoms with van der Waals surface area (Å²) in [5.41, 5.74) is 1.16. The molecular weight excluding hydrogens is 275 g/mol. The first-order valence-corrected chi connectivity index (χ1v) is 9.06. The number of hydrogen-bond donors (Lipinski definition) is 1. The lowest BCUT2D eigenvalue weighted by molar-refractivity contribution is 0.305. The number of anilines is 1. The average Bonchev–Trinajstić information content (AvgIpc) is 3.14. The molecule has 1 aromatic rings. The Hall–Kier alpha value is -1.09. The van der Waals surface area contributed by atoms with E-state index in [0.717, 1.165) is 36.7 Å². The van der Waals surface area contributed by atoms with Crippen molar-refractivity contribution in [1.82, 2.24) is 5.32 Å². The van der Waals surface area contributed by atoms with Crippen molar-refractivity contribution in [2.24, 2.45) is 11.8 Å². The number of rotatable bonds is 3. The smallest absolute Gasteiger partial charge is 0.123 e. The van der Waals surface area contributed by atoms with Gasteiger partial charge in [0, 0.05) is 30.9 Å². The predicted molar refractivity (Wildman–Crippen MR) is 88.6 cm³/mol. The summed E-state index contributed by atoms with van der Waals surface area (Å²) in [5, 5.41) is 3.98. The Labute approximate surface area is 133 Å². The normalized spacial score (nSPS) is 32.4. The van der Waals surface area contributed by atoms with Gasteiger partial charge in [0.05, 0.1) is 0 Å². The van der Waals surface area contributed by atoms with E-state index >= 15 is 0 Å². The van der Waals surface area contributed by atoms with Crippen LogP contribution in [0.3, 0.4) is 0 Å². The minimum atomic E-state index is -0.146. The zero-order valence-electron chi connectivity index (χ0n) is 13.3. The third-order valence-electron chi connectivity index (χ3n) is 6.22. The van der Waals surface area contributed by atoms with Gasteiger partial charge in [-0.2, -0.15) is 0 Å². The Balaban J connectivity index is 1.29. The van der Waals surface area contributed by atoms with Crippen LogP contribution in [-0.2, 0) is 0 Å². The van der Waals surface area contributed by atoms with E-state index in [2.05, 4.69) is 10.2 Å². The molecule has 3 aliphatic rings. The number of halogens is 1. The van der Waals surface area contributed by atoms with Crippen molar-refractivity contribution in [2.45, 2.75) is 57.0 Å². The Morgan fingerprint density at radius 2 is 1.68 bits per heavy atom. The molecule has 3 fully saturated rings. The Morgan fingerprint density at radius 1 is 0.909 bits per heavy atom. The number of fused-ring (bicyclic) bond motifs is 1. The fraction of sp³-hybridized carbons (Fsp3) is 0.684. The third-order valence-corrected chi connectivity index (χ3v) is 6.22. The third kappa shape index (κ3) is 2.88. The van der Waals surface area contributed by atoms with Crippen molar-refractivity contribution < 1.29 is 4.39 Å². The van der Waals surface area contributed by atoms with Gasteiger partial charge in [0.15, 0.2) is 0 Å². The van der Waals surface area contributed by atoms with Crippen LogP contribution in [0.2, 0.25) is 0 Å². The molecule has 1 aliphatic heterocycles. The number of hydrogen-bond acceptors (Lipinski definition) is 2. The molecule has 0 bridgehead atoms. The van der Waals surface area contributed by atoms with Crippen molar-refractivity contribution >= 4 is 5.69 Å². The average molecular weight is 302 g/mol. The molecule has 1 aromatic carbocycles. The van der Waals surface area contributed by atoms with Crippen molar-refractivity contribution in [3.63, 3.8) is 0 Å². The first-order valence-electron chi connectivity index (χ1n) is 9.06. The first-order chi connectivity index (χ1) is 10.8. The molecule has 2 saturated carbocycles. The monoisotopic (exact) mass is 302 g/mol. The summed E-state index contributed by atoms with van der Waals surface area (Å²) in [6, 6.07) is 8.42. The molecule has 0 radical (unpaired) electrons. The van der Waals surface area contributed by atoms with Crippen LogP contribution < -0.4 is 10.2 Å². The highest BCUT2D eigenvalue weighted by Crippen LogP contribution is 2.44. The van der Waals surface area contributed by atoms with Crippen molar-refractivity contribution in [1.29, 1.82) is 0 Å². The maximum absolute atomic E-state index is 13.0. The van der Waals surface area contributed by atoms with Gasteiger partial charge in [-0.05, 0) is 68.2 Å². The van der Waals surface area contributed by atoms with Gasteiger partial charge in [-0.1, -0.05) is 12.8 Å². The van der Waals surface area contributed by atoms with Gasteiger partial charge in [-0.15, -0.1) is 0 Å². The van der Waals surface area contributed by atoms with Crippen molar-refractivity contribution in [3.8, 4) is 0 Å². The van der Waals surface area contributed by atoms with Gasteiger partial charge in [-0.3, -0.25) is 0 Å². The van der Waals surface area contributed by atoms with Gasteiger partial charge in [0.1, 0.15) is 5.82 Å². The van der Waals surface area contributed by atoms with Gasteiger partial charge in [0.2, 0.25) is 0 Å². The zero-order chi connectivity index (χ0) is 14.9. The molecule has 2 aliphatic carbocycles. The highest BCUT2D eigenvalue weighted by molar-refractivity contribution is 5.46. The molecule has 22 heavy (non-hydrogen) atoms. The lowest BCUT2D eigenvalue weighted by atomic mass is 9.95. The molecule has 3 atom stereocenters. The number of nitrogens with one attached hydrogen (secondary N) is 1. The van der Waals surface area contributed by atoms with Crippen LogP contribution in [0.5, 0.6) is 0 Å². The SMILES string of the molecule is Fc1ccc(N2CCC(N[C@@H]3CC[C@H]4CCC[C@H]43)CC2)cc1. The Kier molecular flexibility index (Phi) is 4.08. The summed E-state index contributed by atoms with van der Waals surface area (Å²) in [7, 11) is 0. The molecule has 0 amide bonds. The van der Waals surface area contributed by atoms with E-state index in [1.807, 2.05) is 12.1 Å². The summed E-state index contributed by atoms with van der Waals surface area (Å²) in [6.45, 7) is 2.17. The maximum atomic E-state index is 13.0. The fourth-order valence-electron chi connectivity index (χ4n) is 5.03. The number of piperidine rings is 1. The summed E-state index contributed by atoms with van der Waals surface area (Å²) < 4.78 is 13.0. The molecule has 0 unspecified atom stereocenters. The van der Waals surface area contributed by atoms with Crippen LogP contribution in [0.15, 0.2) is 24.3 Å². The molecule has 1 saturated heterocycles. The van der Waals surface area contributed by atoms with Gasteiger partial charge in [-0.25, -0.2) is 4.39 Å². The Bertz CT molecular complexity index is 493. The van der Waals surface area contributed by atoms with Crippen molar-refractivity contribution in [2.75, 3.05) is 18.0 Å². The first kappa shape index (κ1) is 14.5. The highest BCUT2D eigenvalue weighted by Gasteiger charge is 2.39. The van der Waals surface area contributed by atoms with E-state index < -0.39 is 0 Å². The van der Waals surface area contributed by atoms with E-state index in [0.29, 0.717) is 6.04 Å². The topological polar surface area (TPSA) is 15.3 Å². The van der Waals surface area contributed by atoms with Gasteiger partial charge < -0.3 is 10.2 Å². The summed E-state index contributed by atoms with van der Waals surface area (Å²) in [6.07, 6.45) is 9.67. The Morgan fingerprint density at radius 3 is 2.45 bits per heavy atom. The van der Waals surface area contributed by atoms with Crippen LogP contribution >= 0.6 is 0 Å². The minimum absolute atomic E-state index is 0.146. The largest absolute Gasteiger partial charge is 0.371 e. The molecule has 3 heteroatoms. The van der Waals surface area contributed by atoms with Crippen LogP contribution in [0.1, 0.15) is 44.9 Å². The maximum Gasteiger partial charge on any atom is 0.123 e. The molecular formula is C19H27FN2. The van der Waals surface area contributed by atoms with Gasteiger partial charge in [0.25, 0.3) is 0 Å². The second-order valence-electron chi connectivity index (χ2n) is 7.44. The lowest BCUT2D eigenvalue weighted by Gasteiger charge is -2.36. The van der Waals surface area contributed by atoms with E-state index in [4.69, 9.17) is 0 Å². The summed E-state index contributed by atoms with van der Waals surface area (Å²) in [5.74, 6) is 1.85. The number of nitrogens with zero attached hydrogens (tertiary/aromatic N) is 1. The molecule has 2 nitrogen and oxygen atoms in total. The zero-order valence-corrected chi connectivity index (χ0v) is 13.3. The summed E-state index contributed by atoms with van der Waals surface area (Å²) in [4.78, 5) is 2.39. The molecule has 4 rings (SSSR count). The van der Waals surface area contributed by atoms with E-state index in [1.54, 1.807) is 12.1 Å². The van der Waals surface area contributed by atoms with E-state index in [1.165, 1.54) is 44.9 Å². The standard InChI is InChI=1S/C19H27FN2/c20-15-5-7-17(8-6-15)22-12-10-16(11-13-22)21-19-9-4-14-2-1-3-18(14)19/h5-8,14,16,18-19,21H,1-4,9-13H2/t14-,18-,19-/m1/s1. The summed E-state index contributed by atoms with van der Waals surface area (Å²) >= 11 is 0. The molecule has 0 spiro atoms. The minimum Gasteiger partial charge on any atom is -0.371 e. The van der Waals surface area contributed by atoms with Crippen LogP contribution in [0, 0.1) is 17.7 Å². The molecule has 0 aromatic heterocycles. The van der Waals surface area contributed by atoms with E-state index in [-0.39, 0.29) is 5.82 Å².